The van der Waals surface area contributed by atoms with Crippen molar-refractivity contribution >= 4 is 11.5 Å². The third-order valence-corrected chi connectivity index (χ3v) is 2.67. The van der Waals surface area contributed by atoms with Crippen molar-refractivity contribution in [2.45, 2.75) is 6.42 Å². The molecule has 0 unspecified atom stereocenters. The largest absolute Gasteiger partial charge is 0.465 e. The summed E-state index contributed by atoms with van der Waals surface area (Å²) in [6, 6.07) is 7.52. The van der Waals surface area contributed by atoms with Crippen LogP contribution in [-0.4, -0.2) is 13.1 Å². The predicted octanol–water partition coefficient (Wildman–Crippen LogP) is 3.37. The monoisotopic (exact) mass is 226 g/mol. The lowest BCUT2D eigenvalue weighted by atomic mass is 9.97. The lowest BCUT2D eigenvalue weighted by molar-refractivity contribution is 0.0600. The predicted molar refractivity (Wildman–Crippen MR) is 68.7 cm³/mol. The number of carbonyl (C=O) groups excluding carboxylic acids is 1. The van der Waals surface area contributed by atoms with Crippen LogP contribution in [0.2, 0.25) is 0 Å². The van der Waals surface area contributed by atoms with E-state index in [0.29, 0.717) is 5.56 Å². The minimum atomic E-state index is -0.293. The van der Waals surface area contributed by atoms with Crippen molar-refractivity contribution in [3.63, 3.8) is 0 Å². The number of rotatable bonds is 2. The first-order chi connectivity index (χ1) is 8.33. The maximum absolute atomic E-state index is 11.7. The standard InChI is InChI=1S/C15H14O2/c1-17-15(16)14-11-7-6-10-13(14)12-8-4-2-3-5-9-12/h2-8,10-11H,9H2,1H3. The Morgan fingerprint density at radius 2 is 2.00 bits per heavy atom. The van der Waals surface area contributed by atoms with E-state index in [4.69, 9.17) is 4.74 Å². The molecule has 1 aromatic rings. The first-order valence-electron chi connectivity index (χ1n) is 5.53. The minimum Gasteiger partial charge on any atom is -0.465 e. The summed E-state index contributed by atoms with van der Waals surface area (Å²) in [6.07, 6.45) is 10.9. The van der Waals surface area contributed by atoms with E-state index < -0.39 is 0 Å². The van der Waals surface area contributed by atoms with Crippen molar-refractivity contribution in [2.75, 3.05) is 7.11 Å². The lowest BCUT2D eigenvalue weighted by Crippen LogP contribution is -2.05. The van der Waals surface area contributed by atoms with Crippen LogP contribution < -0.4 is 0 Å². The van der Waals surface area contributed by atoms with Gasteiger partial charge in [-0.2, -0.15) is 0 Å². The summed E-state index contributed by atoms with van der Waals surface area (Å²) in [4.78, 5) is 11.7. The van der Waals surface area contributed by atoms with Crippen molar-refractivity contribution in [2.24, 2.45) is 0 Å². The van der Waals surface area contributed by atoms with Gasteiger partial charge < -0.3 is 4.74 Å². The van der Waals surface area contributed by atoms with Crippen molar-refractivity contribution in [1.29, 1.82) is 0 Å². The molecule has 0 atom stereocenters. The Morgan fingerprint density at radius 1 is 1.18 bits per heavy atom. The molecule has 0 saturated carbocycles. The lowest BCUT2D eigenvalue weighted by Gasteiger charge is -2.09. The minimum absolute atomic E-state index is 0.293. The van der Waals surface area contributed by atoms with Gasteiger partial charge in [0.25, 0.3) is 0 Å². The summed E-state index contributed by atoms with van der Waals surface area (Å²) < 4.78 is 4.80. The van der Waals surface area contributed by atoms with Crippen LogP contribution >= 0.6 is 0 Å². The summed E-state index contributed by atoms with van der Waals surface area (Å²) in [5, 5.41) is 0. The van der Waals surface area contributed by atoms with Gasteiger partial charge in [0.05, 0.1) is 12.7 Å². The molecule has 0 aromatic heterocycles. The fourth-order valence-electron chi connectivity index (χ4n) is 1.83. The second kappa shape index (κ2) is 5.30. The van der Waals surface area contributed by atoms with Gasteiger partial charge in [-0.05, 0) is 23.6 Å². The topological polar surface area (TPSA) is 26.3 Å². The Morgan fingerprint density at radius 3 is 2.82 bits per heavy atom. The number of methoxy groups -OCH3 is 1. The van der Waals surface area contributed by atoms with E-state index in [1.54, 1.807) is 6.07 Å². The van der Waals surface area contributed by atoms with Crippen LogP contribution in [0.25, 0.3) is 5.57 Å². The van der Waals surface area contributed by atoms with Gasteiger partial charge in [0.1, 0.15) is 0 Å². The molecule has 17 heavy (non-hydrogen) atoms. The Kier molecular flexibility index (Phi) is 3.55. The van der Waals surface area contributed by atoms with Gasteiger partial charge in [0, 0.05) is 0 Å². The van der Waals surface area contributed by atoms with Gasteiger partial charge in [-0.25, -0.2) is 4.79 Å². The van der Waals surface area contributed by atoms with E-state index in [2.05, 4.69) is 6.08 Å². The number of carbonyl (C=O) groups is 1. The molecule has 2 heteroatoms. The van der Waals surface area contributed by atoms with E-state index in [-0.39, 0.29) is 5.97 Å². The molecule has 0 heterocycles. The molecular weight excluding hydrogens is 212 g/mol. The number of allylic oxidation sites excluding steroid dienone is 6. The highest BCUT2D eigenvalue weighted by Crippen LogP contribution is 2.24. The molecule has 0 saturated heterocycles. The molecule has 0 amide bonds. The molecule has 0 fully saturated rings. The third kappa shape index (κ3) is 2.53. The van der Waals surface area contributed by atoms with Gasteiger partial charge in [-0.3, -0.25) is 0 Å². The molecule has 0 spiro atoms. The van der Waals surface area contributed by atoms with Gasteiger partial charge >= 0.3 is 5.97 Å². The Hall–Kier alpha value is -2.09. The van der Waals surface area contributed by atoms with Crippen LogP contribution in [0, 0.1) is 0 Å². The van der Waals surface area contributed by atoms with E-state index in [1.165, 1.54) is 7.11 Å². The van der Waals surface area contributed by atoms with Crippen LogP contribution in [0.5, 0.6) is 0 Å². The van der Waals surface area contributed by atoms with Crippen molar-refractivity contribution in [3.05, 3.63) is 65.8 Å². The average Bonchev–Trinajstić information content (AvgIpc) is 2.66. The molecule has 0 bridgehead atoms. The average molecular weight is 226 g/mol. The maximum Gasteiger partial charge on any atom is 0.338 e. The Labute approximate surface area is 101 Å². The highest BCUT2D eigenvalue weighted by Gasteiger charge is 2.13. The molecule has 2 rings (SSSR count). The zero-order chi connectivity index (χ0) is 12.1. The SMILES string of the molecule is COC(=O)c1ccccc1C1=CC=CC=CC1. The summed E-state index contributed by atoms with van der Waals surface area (Å²) in [6.45, 7) is 0. The molecule has 0 aliphatic heterocycles. The quantitative estimate of drug-likeness (QED) is 0.723. The van der Waals surface area contributed by atoms with Crippen molar-refractivity contribution in [3.8, 4) is 0 Å². The van der Waals surface area contributed by atoms with Gasteiger partial charge in [-0.15, -0.1) is 0 Å². The fraction of sp³-hybridized carbons (Fsp3) is 0.133. The Bertz CT molecular complexity index is 507. The number of hydrogen-bond donors (Lipinski definition) is 0. The van der Waals surface area contributed by atoms with Gasteiger partial charge in [0.2, 0.25) is 0 Å². The van der Waals surface area contributed by atoms with E-state index in [9.17, 15) is 4.79 Å². The third-order valence-electron chi connectivity index (χ3n) is 2.67. The van der Waals surface area contributed by atoms with Crippen molar-refractivity contribution in [1.82, 2.24) is 0 Å². The summed E-state index contributed by atoms with van der Waals surface area (Å²) in [7, 11) is 1.40. The zero-order valence-corrected chi connectivity index (χ0v) is 9.72. The molecule has 1 aliphatic rings. The van der Waals surface area contributed by atoms with Gasteiger partial charge in [0.15, 0.2) is 0 Å². The highest BCUT2D eigenvalue weighted by atomic mass is 16.5. The number of benzene rings is 1. The second-order valence-corrected chi connectivity index (χ2v) is 3.75. The fourth-order valence-corrected chi connectivity index (χ4v) is 1.83. The molecule has 2 nitrogen and oxygen atoms in total. The van der Waals surface area contributed by atoms with Crippen molar-refractivity contribution < 1.29 is 9.53 Å². The first kappa shape index (κ1) is 11.4. The van der Waals surface area contributed by atoms with Crippen LogP contribution in [0.1, 0.15) is 22.3 Å². The second-order valence-electron chi connectivity index (χ2n) is 3.75. The van der Waals surface area contributed by atoms with Crippen LogP contribution in [0.15, 0.2) is 54.6 Å². The first-order valence-corrected chi connectivity index (χ1v) is 5.53. The van der Waals surface area contributed by atoms with Gasteiger partial charge in [-0.1, -0.05) is 48.6 Å². The van der Waals surface area contributed by atoms with E-state index in [0.717, 1.165) is 17.6 Å². The number of hydrogen-bond acceptors (Lipinski definition) is 2. The van der Waals surface area contributed by atoms with Crippen LogP contribution in [0.4, 0.5) is 0 Å². The van der Waals surface area contributed by atoms with Crippen LogP contribution in [0.3, 0.4) is 0 Å². The number of ether oxygens (including phenoxy) is 1. The molecule has 0 N–H and O–H groups in total. The molecular formula is C15H14O2. The summed E-state index contributed by atoms with van der Waals surface area (Å²) >= 11 is 0. The van der Waals surface area contributed by atoms with Crippen LogP contribution in [-0.2, 0) is 4.74 Å². The maximum atomic E-state index is 11.7. The van der Waals surface area contributed by atoms with E-state index >= 15 is 0 Å². The molecule has 1 aromatic carbocycles. The highest BCUT2D eigenvalue weighted by molar-refractivity contribution is 5.95. The number of esters is 1. The molecule has 0 radical (unpaired) electrons. The molecule has 86 valence electrons. The smallest absolute Gasteiger partial charge is 0.338 e. The normalized spacial score (nSPS) is 14.1. The summed E-state index contributed by atoms with van der Waals surface area (Å²) in [5.41, 5.74) is 2.68. The van der Waals surface area contributed by atoms with E-state index in [1.807, 2.05) is 42.5 Å². The molecule has 1 aliphatic carbocycles. The summed E-state index contributed by atoms with van der Waals surface area (Å²) in [5.74, 6) is -0.293. The Balaban J connectivity index is 2.44. The zero-order valence-electron chi connectivity index (χ0n) is 9.72.